The molecular weight excluding hydrogens is 426 g/mol. The molecule has 1 aliphatic carbocycles. The zero-order valence-corrected chi connectivity index (χ0v) is 19.3. The Labute approximate surface area is 190 Å². The first-order valence-electron chi connectivity index (χ1n) is 11.0. The number of amides is 1. The molecule has 0 unspecified atom stereocenters. The lowest BCUT2D eigenvalue weighted by Crippen LogP contribution is -2.39. The van der Waals surface area contributed by atoms with Crippen LogP contribution in [-0.4, -0.2) is 38.0 Å². The topological polar surface area (TPSA) is 88.1 Å². The van der Waals surface area contributed by atoms with E-state index in [1.807, 2.05) is 30.3 Å². The second-order valence-corrected chi connectivity index (χ2v) is 9.85. The fourth-order valence-corrected chi connectivity index (χ4v) is 5.06. The van der Waals surface area contributed by atoms with E-state index in [-0.39, 0.29) is 18.0 Å². The first-order valence-corrected chi connectivity index (χ1v) is 12.5. The maximum atomic E-state index is 13.3. The van der Waals surface area contributed by atoms with Gasteiger partial charge in [-0.15, -0.1) is 0 Å². The van der Waals surface area contributed by atoms with Crippen LogP contribution in [0.2, 0.25) is 0 Å². The minimum Gasteiger partial charge on any atom is -0.497 e. The molecule has 0 bridgehead atoms. The standard InChI is InChI=1S/C24H31N3O4S/c1-31-22-14-16-23(17-15-22)32(29,30)27(18-20-10-6-5-7-11-20)19-24(28)26-25-21-12-8-3-2-4-9-13-21/h5-7,10-11,14-17H,2-4,8-9,12-13,18-19H2,1H3,(H,26,28). The van der Waals surface area contributed by atoms with Gasteiger partial charge in [0.15, 0.2) is 0 Å². The van der Waals surface area contributed by atoms with Gasteiger partial charge in [-0.1, -0.05) is 49.6 Å². The van der Waals surface area contributed by atoms with Crippen LogP contribution in [0.4, 0.5) is 0 Å². The number of sulfonamides is 1. The number of hydrogen-bond donors (Lipinski definition) is 1. The molecule has 0 heterocycles. The zero-order valence-electron chi connectivity index (χ0n) is 18.5. The molecule has 0 atom stereocenters. The highest BCUT2D eigenvalue weighted by Crippen LogP contribution is 2.21. The number of carbonyl (C=O) groups is 1. The number of ether oxygens (including phenoxy) is 1. The Bertz CT molecular complexity index is 995. The first-order chi connectivity index (χ1) is 15.5. The SMILES string of the molecule is COc1ccc(S(=O)(=O)N(CC(=O)NN=C2CCCCCCC2)Cc2ccccc2)cc1. The maximum Gasteiger partial charge on any atom is 0.255 e. The van der Waals surface area contributed by atoms with Crippen molar-refractivity contribution >= 4 is 21.6 Å². The Balaban J connectivity index is 1.76. The molecule has 0 aliphatic heterocycles. The van der Waals surface area contributed by atoms with E-state index in [4.69, 9.17) is 4.74 Å². The molecule has 0 saturated heterocycles. The summed E-state index contributed by atoms with van der Waals surface area (Å²) >= 11 is 0. The monoisotopic (exact) mass is 457 g/mol. The fraction of sp³-hybridized carbons (Fsp3) is 0.417. The van der Waals surface area contributed by atoms with Crippen molar-refractivity contribution in [2.24, 2.45) is 5.10 Å². The Morgan fingerprint density at radius 3 is 2.22 bits per heavy atom. The van der Waals surface area contributed by atoms with Crippen LogP contribution >= 0.6 is 0 Å². The van der Waals surface area contributed by atoms with Gasteiger partial charge in [-0.3, -0.25) is 4.79 Å². The summed E-state index contributed by atoms with van der Waals surface area (Å²) in [4.78, 5) is 12.8. The van der Waals surface area contributed by atoms with E-state index in [1.54, 1.807) is 12.1 Å². The van der Waals surface area contributed by atoms with Gasteiger partial charge in [0.25, 0.3) is 5.91 Å². The van der Waals surface area contributed by atoms with Crippen molar-refractivity contribution < 1.29 is 17.9 Å². The van der Waals surface area contributed by atoms with Crippen molar-refractivity contribution in [3.8, 4) is 5.75 Å². The highest BCUT2D eigenvalue weighted by Gasteiger charge is 2.27. The number of hydrazone groups is 1. The van der Waals surface area contributed by atoms with Gasteiger partial charge in [-0.2, -0.15) is 9.41 Å². The van der Waals surface area contributed by atoms with E-state index < -0.39 is 15.9 Å². The number of carbonyl (C=O) groups excluding carboxylic acids is 1. The Kier molecular flexibility index (Phi) is 8.81. The summed E-state index contributed by atoms with van der Waals surface area (Å²) in [5.74, 6) is 0.110. The summed E-state index contributed by atoms with van der Waals surface area (Å²) in [5, 5.41) is 4.30. The van der Waals surface area contributed by atoms with Gasteiger partial charge in [0, 0.05) is 12.3 Å². The lowest BCUT2D eigenvalue weighted by molar-refractivity contribution is -0.121. The molecule has 7 nitrogen and oxygen atoms in total. The second kappa shape index (κ2) is 11.8. The third-order valence-corrected chi connectivity index (χ3v) is 7.29. The third kappa shape index (κ3) is 6.90. The average Bonchev–Trinajstić information content (AvgIpc) is 2.78. The minimum absolute atomic E-state index is 0.0825. The molecular formula is C24H31N3O4S. The lowest BCUT2D eigenvalue weighted by atomic mass is 9.99. The highest BCUT2D eigenvalue weighted by atomic mass is 32.2. The van der Waals surface area contributed by atoms with Crippen LogP contribution in [0.3, 0.4) is 0 Å². The minimum atomic E-state index is -3.90. The molecule has 1 N–H and O–H groups in total. The zero-order chi connectivity index (χ0) is 22.8. The molecule has 1 fully saturated rings. The average molecular weight is 458 g/mol. The number of hydrogen-bond acceptors (Lipinski definition) is 5. The van der Waals surface area contributed by atoms with Gasteiger partial charge >= 0.3 is 0 Å². The molecule has 32 heavy (non-hydrogen) atoms. The lowest BCUT2D eigenvalue weighted by Gasteiger charge is -2.22. The van der Waals surface area contributed by atoms with Crippen LogP contribution in [0.15, 0.2) is 64.6 Å². The van der Waals surface area contributed by atoms with Crippen molar-refractivity contribution in [2.45, 2.75) is 56.4 Å². The number of nitrogens with one attached hydrogen (secondary N) is 1. The predicted molar refractivity (Wildman–Crippen MR) is 125 cm³/mol. The molecule has 2 aromatic carbocycles. The van der Waals surface area contributed by atoms with Crippen molar-refractivity contribution in [1.82, 2.24) is 9.73 Å². The van der Waals surface area contributed by atoms with E-state index >= 15 is 0 Å². The van der Waals surface area contributed by atoms with Crippen molar-refractivity contribution in [2.75, 3.05) is 13.7 Å². The van der Waals surface area contributed by atoms with Crippen LogP contribution in [0.5, 0.6) is 5.75 Å². The molecule has 0 spiro atoms. The highest BCUT2D eigenvalue weighted by molar-refractivity contribution is 7.89. The summed E-state index contributed by atoms with van der Waals surface area (Å²) in [6, 6.07) is 15.4. The molecule has 1 aliphatic rings. The van der Waals surface area contributed by atoms with Gasteiger partial charge < -0.3 is 4.74 Å². The smallest absolute Gasteiger partial charge is 0.255 e. The first kappa shape index (κ1) is 23.9. The van der Waals surface area contributed by atoms with E-state index in [2.05, 4.69) is 10.5 Å². The van der Waals surface area contributed by atoms with E-state index in [0.717, 1.165) is 37.0 Å². The van der Waals surface area contributed by atoms with Crippen LogP contribution in [0.25, 0.3) is 0 Å². The second-order valence-electron chi connectivity index (χ2n) is 7.92. The molecule has 1 amide bonds. The van der Waals surface area contributed by atoms with Crippen LogP contribution in [0.1, 0.15) is 50.5 Å². The fourth-order valence-electron chi connectivity index (χ4n) is 3.67. The Morgan fingerprint density at radius 2 is 1.59 bits per heavy atom. The van der Waals surface area contributed by atoms with Gasteiger partial charge in [0.2, 0.25) is 10.0 Å². The number of nitrogens with zero attached hydrogens (tertiary/aromatic N) is 2. The molecule has 2 aromatic rings. The summed E-state index contributed by atoms with van der Waals surface area (Å²) in [5.41, 5.74) is 4.35. The number of methoxy groups -OCH3 is 1. The van der Waals surface area contributed by atoms with Gasteiger partial charge in [0.05, 0.1) is 18.6 Å². The third-order valence-electron chi connectivity index (χ3n) is 5.49. The van der Waals surface area contributed by atoms with Gasteiger partial charge in [-0.05, 0) is 55.5 Å². The predicted octanol–water partition coefficient (Wildman–Crippen LogP) is 4.10. The van der Waals surface area contributed by atoms with Crippen molar-refractivity contribution in [1.29, 1.82) is 0 Å². The Morgan fingerprint density at radius 1 is 0.969 bits per heavy atom. The summed E-state index contributed by atoms with van der Waals surface area (Å²) < 4.78 is 33.0. The summed E-state index contributed by atoms with van der Waals surface area (Å²) in [7, 11) is -2.38. The van der Waals surface area contributed by atoms with Crippen molar-refractivity contribution in [3.63, 3.8) is 0 Å². The summed E-state index contributed by atoms with van der Waals surface area (Å²) in [6.07, 6.45) is 7.49. The van der Waals surface area contributed by atoms with Crippen LogP contribution in [0, 0.1) is 0 Å². The van der Waals surface area contributed by atoms with E-state index in [1.165, 1.54) is 42.8 Å². The van der Waals surface area contributed by atoms with E-state index in [0.29, 0.717) is 5.75 Å². The van der Waals surface area contributed by atoms with Crippen LogP contribution < -0.4 is 10.2 Å². The van der Waals surface area contributed by atoms with E-state index in [9.17, 15) is 13.2 Å². The molecule has 3 rings (SSSR count). The quantitative estimate of drug-likeness (QED) is 0.605. The normalized spacial score (nSPS) is 15.0. The van der Waals surface area contributed by atoms with Gasteiger partial charge in [-0.25, -0.2) is 13.8 Å². The van der Waals surface area contributed by atoms with Crippen LogP contribution in [-0.2, 0) is 21.4 Å². The molecule has 0 aromatic heterocycles. The number of rotatable bonds is 8. The maximum absolute atomic E-state index is 13.3. The molecule has 8 heteroatoms. The molecule has 172 valence electrons. The molecule has 1 saturated carbocycles. The number of benzene rings is 2. The largest absolute Gasteiger partial charge is 0.497 e. The van der Waals surface area contributed by atoms with Crippen molar-refractivity contribution in [3.05, 3.63) is 60.2 Å². The summed E-state index contributed by atoms with van der Waals surface area (Å²) in [6.45, 7) is -0.237. The molecule has 0 radical (unpaired) electrons. The van der Waals surface area contributed by atoms with Gasteiger partial charge in [0.1, 0.15) is 5.75 Å². The Hall–Kier alpha value is -2.71.